The van der Waals surface area contributed by atoms with Crippen molar-refractivity contribution in [3.63, 3.8) is 0 Å². The van der Waals surface area contributed by atoms with Crippen LogP contribution in [-0.4, -0.2) is 23.4 Å². The molecule has 14 heavy (non-hydrogen) atoms. The molecule has 0 saturated carbocycles. The first-order chi connectivity index (χ1) is 6.56. The summed E-state index contributed by atoms with van der Waals surface area (Å²) in [5, 5.41) is 20.7. The van der Waals surface area contributed by atoms with Gasteiger partial charge in [-0.3, -0.25) is 0 Å². The summed E-state index contributed by atoms with van der Waals surface area (Å²) in [6, 6.07) is 1.46. The maximum absolute atomic E-state index is 12.7. The molecule has 1 aromatic rings. The number of halogens is 2. The number of rotatable bonds is 2. The van der Waals surface area contributed by atoms with Gasteiger partial charge in [0.1, 0.15) is 0 Å². The number of benzene rings is 1. The second-order valence-corrected chi connectivity index (χ2v) is 2.55. The van der Waals surface area contributed by atoms with Crippen molar-refractivity contribution in [1.29, 1.82) is 0 Å². The van der Waals surface area contributed by atoms with Gasteiger partial charge in [-0.05, 0) is 23.2 Å². The van der Waals surface area contributed by atoms with Crippen molar-refractivity contribution in [3.8, 4) is 0 Å². The minimum atomic E-state index is -1.90. The molecule has 1 rings (SSSR count). The Balaban J connectivity index is 3.31. The summed E-state index contributed by atoms with van der Waals surface area (Å²) in [5.74, 6) is 2.54. The van der Waals surface area contributed by atoms with Crippen LogP contribution in [0.5, 0.6) is 0 Å². The van der Waals surface area contributed by atoms with Crippen LogP contribution >= 0.6 is 0 Å². The fraction of sp³-hybridized carbons (Fsp3) is 0. The molecule has 7 heteroatoms. The molecule has 0 amide bonds. The zero-order valence-electron chi connectivity index (χ0n) is 6.98. The van der Waals surface area contributed by atoms with Crippen LogP contribution in [0, 0.1) is 11.6 Å². The fourth-order valence-electron chi connectivity index (χ4n) is 0.993. The molecule has 1 aromatic carbocycles. The molecular weight excluding hydrogens is 193 g/mol. The van der Waals surface area contributed by atoms with Crippen molar-refractivity contribution < 1.29 is 18.8 Å². The van der Waals surface area contributed by atoms with Gasteiger partial charge in [-0.25, -0.2) is 8.78 Å². The largest absolute Gasteiger partial charge is 0.489 e. The second-order valence-electron chi connectivity index (χ2n) is 2.55. The molecule has 74 valence electrons. The third kappa shape index (κ3) is 2.07. The fourth-order valence-corrected chi connectivity index (χ4v) is 0.993. The Morgan fingerprint density at radius 2 is 1.86 bits per heavy atom. The lowest BCUT2D eigenvalue weighted by molar-refractivity contribution is 0.425. The molecular formula is C7H7BF2N2O2. The van der Waals surface area contributed by atoms with Gasteiger partial charge >= 0.3 is 7.12 Å². The van der Waals surface area contributed by atoms with E-state index in [0.717, 1.165) is 12.3 Å². The highest BCUT2D eigenvalue weighted by Crippen LogP contribution is 2.05. The third-order valence-corrected chi connectivity index (χ3v) is 1.62. The molecule has 0 aromatic heterocycles. The van der Waals surface area contributed by atoms with Crippen LogP contribution in [0.3, 0.4) is 0 Å². The van der Waals surface area contributed by atoms with E-state index in [1.807, 2.05) is 0 Å². The second kappa shape index (κ2) is 4.16. The van der Waals surface area contributed by atoms with E-state index in [0.29, 0.717) is 6.07 Å². The number of hydrogen-bond acceptors (Lipinski definition) is 4. The lowest BCUT2D eigenvalue weighted by Gasteiger charge is -2.04. The van der Waals surface area contributed by atoms with E-state index < -0.39 is 18.8 Å². The van der Waals surface area contributed by atoms with E-state index in [4.69, 9.17) is 15.9 Å². The Morgan fingerprint density at radius 1 is 1.29 bits per heavy atom. The van der Waals surface area contributed by atoms with Crippen molar-refractivity contribution >= 4 is 18.8 Å². The van der Waals surface area contributed by atoms with E-state index >= 15 is 0 Å². The summed E-state index contributed by atoms with van der Waals surface area (Å²) in [6.45, 7) is 0. The highest BCUT2D eigenvalue weighted by Gasteiger charge is 2.18. The third-order valence-electron chi connectivity index (χ3n) is 1.62. The molecule has 0 spiro atoms. The Hall–Kier alpha value is -1.47. The van der Waals surface area contributed by atoms with Crippen molar-refractivity contribution in [2.75, 3.05) is 0 Å². The molecule has 0 aliphatic carbocycles. The molecule has 0 radical (unpaired) electrons. The van der Waals surface area contributed by atoms with Crippen molar-refractivity contribution in [2.24, 2.45) is 10.9 Å². The van der Waals surface area contributed by atoms with Gasteiger partial charge in [-0.15, -0.1) is 0 Å². The highest BCUT2D eigenvalue weighted by atomic mass is 19.2. The van der Waals surface area contributed by atoms with E-state index in [-0.39, 0.29) is 11.0 Å². The molecule has 4 N–H and O–H groups in total. The van der Waals surface area contributed by atoms with Gasteiger partial charge in [-0.2, -0.15) is 5.10 Å². The van der Waals surface area contributed by atoms with Gasteiger partial charge in [0.15, 0.2) is 11.6 Å². The van der Waals surface area contributed by atoms with Crippen molar-refractivity contribution in [3.05, 3.63) is 29.3 Å². The number of hydrazone groups is 1. The standard InChI is InChI=1S/C7H7BF2N2O2/c9-6-1-4(3-12-11)5(8(13)14)2-7(6)10/h1-3,13-14H,11H2. The molecule has 0 atom stereocenters. The molecule has 0 heterocycles. The van der Waals surface area contributed by atoms with Crippen LogP contribution in [-0.2, 0) is 0 Å². The molecule has 0 aliphatic rings. The van der Waals surface area contributed by atoms with E-state index in [2.05, 4.69) is 5.10 Å². The SMILES string of the molecule is NN=Cc1cc(F)c(F)cc1B(O)O. The highest BCUT2D eigenvalue weighted by molar-refractivity contribution is 6.60. The lowest BCUT2D eigenvalue weighted by Crippen LogP contribution is -2.33. The van der Waals surface area contributed by atoms with Gasteiger partial charge in [-0.1, -0.05) is 0 Å². The van der Waals surface area contributed by atoms with Crippen molar-refractivity contribution in [1.82, 2.24) is 0 Å². The lowest BCUT2D eigenvalue weighted by atomic mass is 9.77. The predicted octanol–water partition coefficient (Wildman–Crippen LogP) is -1.06. The smallest absolute Gasteiger partial charge is 0.423 e. The maximum Gasteiger partial charge on any atom is 0.489 e. The topological polar surface area (TPSA) is 78.8 Å². The molecule has 0 aliphatic heterocycles. The van der Waals surface area contributed by atoms with E-state index in [9.17, 15) is 8.78 Å². The average molecular weight is 200 g/mol. The monoisotopic (exact) mass is 200 g/mol. The van der Waals surface area contributed by atoms with Gasteiger partial charge in [0.25, 0.3) is 0 Å². The normalized spacial score (nSPS) is 10.9. The van der Waals surface area contributed by atoms with Crippen molar-refractivity contribution in [2.45, 2.75) is 0 Å². The molecule has 0 saturated heterocycles. The Labute approximate surface area is 78.8 Å². The molecule has 0 bridgehead atoms. The van der Waals surface area contributed by atoms with Gasteiger partial charge in [0.05, 0.1) is 6.21 Å². The summed E-state index contributed by atoms with van der Waals surface area (Å²) in [4.78, 5) is 0. The first kappa shape index (κ1) is 10.6. The van der Waals surface area contributed by atoms with Crippen LogP contribution in [0.15, 0.2) is 17.2 Å². The van der Waals surface area contributed by atoms with Gasteiger partial charge < -0.3 is 15.9 Å². The summed E-state index contributed by atoms with van der Waals surface area (Å²) >= 11 is 0. The number of nitrogens with two attached hydrogens (primary N) is 1. The first-order valence-electron chi connectivity index (χ1n) is 3.64. The zero-order valence-corrected chi connectivity index (χ0v) is 6.98. The predicted molar refractivity (Wildman–Crippen MR) is 48.0 cm³/mol. The maximum atomic E-state index is 12.7. The average Bonchev–Trinajstić information content (AvgIpc) is 2.11. The van der Waals surface area contributed by atoms with Crippen LogP contribution in [0.25, 0.3) is 0 Å². The minimum absolute atomic E-state index is 0.0152. The van der Waals surface area contributed by atoms with Crippen LogP contribution in [0.4, 0.5) is 8.78 Å². The Morgan fingerprint density at radius 3 is 2.36 bits per heavy atom. The van der Waals surface area contributed by atoms with E-state index in [1.165, 1.54) is 0 Å². The number of hydrogen-bond donors (Lipinski definition) is 3. The van der Waals surface area contributed by atoms with Crippen LogP contribution in [0.1, 0.15) is 5.56 Å². The summed E-state index contributed by atoms with van der Waals surface area (Å²) in [6.07, 6.45) is 0.997. The summed E-state index contributed by atoms with van der Waals surface area (Å²) in [7, 11) is -1.90. The molecule has 0 fully saturated rings. The van der Waals surface area contributed by atoms with E-state index in [1.54, 1.807) is 0 Å². The van der Waals surface area contributed by atoms with Gasteiger partial charge in [0, 0.05) is 0 Å². The summed E-state index contributed by atoms with van der Waals surface area (Å²) in [5.41, 5.74) is -0.181. The van der Waals surface area contributed by atoms with Gasteiger partial charge in [0.2, 0.25) is 0 Å². The Kier molecular flexibility index (Phi) is 3.16. The zero-order chi connectivity index (χ0) is 10.7. The Bertz CT molecular complexity index is 371. The summed E-state index contributed by atoms with van der Waals surface area (Å²) < 4.78 is 25.4. The number of nitrogens with zero attached hydrogens (tertiary/aromatic N) is 1. The molecule has 4 nitrogen and oxygen atoms in total. The minimum Gasteiger partial charge on any atom is -0.423 e. The molecule has 0 unspecified atom stereocenters. The van der Waals surface area contributed by atoms with Crippen LogP contribution < -0.4 is 11.3 Å². The quantitative estimate of drug-likeness (QED) is 0.246. The van der Waals surface area contributed by atoms with Crippen LogP contribution in [0.2, 0.25) is 0 Å². The first-order valence-corrected chi connectivity index (χ1v) is 3.64.